The quantitative estimate of drug-likeness (QED) is 0.842. The van der Waals surface area contributed by atoms with Gasteiger partial charge in [0.1, 0.15) is 6.54 Å². The van der Waals surface area contributed by atoms with Gasteiger partial charge in [0.15, 0.2) is 0 Å². The minimum absolute atomic E-state index is 0.256. The highest BCUT2D eigenvalue weighted by Gasteiger charge is 2.32. The molecule has 0 aliphatic carbocycles. The Morgan fingerprint density at radius 3 is 2.45 bits per heavy atom. The van der Waals surface area contributed by atoms with Crippen LogP contribution in [-0.4, -0.2) is 36.4 Å². The van der Waals surface area contributed by atoms with Crippen LogP contribution in [0.3, 0.4) is 0 Å². The van der Waals surface area contributed by atoms with Gasteiger partial charge >= 0.3 is 5.97 Å². The summed E-state index contributed by atoms with van der Waals surface area (Å²) in [5.41, 5.74) is 0.931. The Hall–Kier alpha value is -2.12. The van der Waals surface area contributed by atoms with Crippen molar-refractivity contribution in [1.29, 1.82) is 0 Å². The van der Waals surface area contributed by atoms with E-state index in [1.54, 1.807) is 6.92 Å². The monoisotopic (exact) mass is 323 g/mol. The predicted molar refractivity (Wildman–Crippen MR) is 79.8 cm³/mol. The number of rotatable bonds is 7. The molecule has 1 atom stereocenters. The van der Waals surface area contributed by atoms with Crippen LogP contribution in [0, 0.1) is 0 Å². The molecule has 0 saturated carbocycles. The van der Waals surface area contributed by atoms with Gasteiger partial charge in [-0.1, -0.05) is 30.3 Å². The Kier molecular flexibility index (Phi) is 4.99. The van der Waals surface area contributed by atoms with E-state index in [-0.39, 0.29) is 5.09 Å². The zero-order chi connectivity index (χ0) is 16.2. The van der Waals surface area contributed by atoms with Crippen molar-refractivity contribution in [2.75, 3.05) is 6.54 Å². The van der Waals surface area contributed by atoms with Crippen LogP contribution < -0.4 is 0 Å². The van der Waals surface area contributed by atoms with Crippen molar-refractivity contribution in [3.63, 3.8) is 0 Å². The average molecular weight is 323 g/mol. The molecular weight excluding hydrogens is 306 g/mol. The van der Waals surface area contributed by atoms with Crippen LogP contribution in [0.4, 0.5) is 0 Å². The van der Waals surface area contributed by atoms with Gasteiger partial charge in [-0.3, -0.25) is 4.79 Å². The SMILES string of the molecule is CC(Cc1ccccc1)N(CC(=O)O)S(=O)(=O)c1ccco1. The third-order valence-electron chi connectivity index (χ3n) is 3.21. The smallest absolute Gasteiger partial charge is 0.318 e. The molecule has 0 amide bonds. The molecule has 118 valence electrons. The standard InChI is InChI=1S/C15H17NO5S/c1-12(10-13-6-3-2-4-7-13)16(11-14(17)18)22(19,20)15-8-5-9-21-15/h2-9,12H,10-11H2,1H3,(H,17,18). The van der Waals surface area contributed by atoms with Gasteiger partial charge in [-0.25, -0.2) is 8.42 Å². The van der Waals surface area contributed by atoms with E-state index in [1.165, 1.54) is 18.4 Å². The molecule has 1 aromatic carbocycles. The van der Waals surface area contributed by atoms with Gasteiger partial charge in [-0.05, 0) is 31.0 Å². The molecule has 0 fully saturated rings. The van der Waals surface area contributed by atoms with Gasteiger partial charge in [0.2, 0.25) is 5.09 Å². The topological polar surface area (TPSA) is 87.8 Å². The molecule has 0 bridgehead atoms. The Morgan fingerprint density at radius 1 is 1.23 bits per heavy atom. The summed E-state index contributed by atoms with van der Waals surface area (Å²) in [4.78, 5) is 11.0. The molecule has 6 nitrogen and oxygen atoms in total. The second-order valence-electron chi connectivity index (χ2n) is 4.91. The van der Waals surface area contributed by atoms with E-state index in [0.29, 0.717) is 6.42 Å². The van der Waals surface area contributed by atoms with Crippen LogP contribution >= 0.6 is 0 Å². The number of furan rings is 1. The molecule has 1 unspecified atom stereocenters. The fourth-order valence-corrected chi connectivity index (χ4v) is 3.68. The van der Waals surface area contributed by atoms with Gasteiger partial charge in [0.25, 0.3) is 10.0 Å². The molecule has 1 N–H and O–H groups in total. The van der Waals surface area contributed by atoms with E-state index in [0.717, 1.165) is 9.87 Å². The minimum Gasteiger partial charge on any atom is -0.480 e. The fourth-order valence-electron chi connectivity index (χ4n) is 2.19. The van der Waals surface area contributed by atoms with E-state index in [9.17, 15) is 13.2 Å². The summed E-state index contributed by atoms with van der Waals surface area (Å²) in [6.45, 7) is 1.06. The summed E-state index contributed by atoms with van der Waals surface area (Å²) < 4.78 is 30.9. The maximum atomic E-state index is 12.5. The number of hydrogen-bond acceptors (Lipinski definition) is 4. The first kappa shape index (κ1) is 16.3. The molecule has 1 aromatic heterocycles. The largest absolute Gasteiger partial charge is 0.480 e. The summed E-state index contributed by atoms with van der Waals surface area (Å²) in [6.07, 6.45) is 1.65. The van der Waals surface area contributed by atoms with E-state index in [1.807, 2.05) is 30.3 Å². The number of carbonyl (C=O) groups is 1. The van der Waals surface area contributed by atoms with Crippen LogP contribution in [0.2, 0.25) is 0 Å². The highest BCUT2D eigenvalue weighted by molar-refractivity contribution is 7.89. The lowest BCUT2D eigenvalue weighted by Crippen LogP contribution is -2.42. The average Bonchev–Trinajstić information content (AvgIpc) is 3.00. The van der Waals surface area contributed by atoms with Crippen molar-refractivity contribution in [3.8, 4) is 0 Å². The Bertz CT molecular complexity index is 710. The summed E-state index contributed by atoms with van der Waals surface area (Å²) in [7, 11) is -3.99. The molecule has 0 radical (unpaired) electrons. The lowest BCUT2D eigenvalue weighted by Gasteiger charge is -2.25. The van der Waals surface area contributed by atoms with Gasteiger partial charge in [0.05, 0.1) is 6.26 Å². The first-order valence-corrected chi connectivity index (χ1v) is 8.16. The number of benzene rings is 1. The second-order valence-corrected chi connectivity index (χ2v) is 6.74. The van der Waals surface area contributed by atoms with Crippen molar-refractivity contribution >= 4 is 16.0 Å². The van der Waals surface area contributed by atoms with Crippen LogP contribution in [0.15, 0.2) is 58.2 Å². The van der Waals surface area contributed by atoms with Gasteiger partial charge in [0, 0.05) is 6.04 Å². The third kappa shape index (κ3) is 3.75. The molecule has 0 spiro atoms. The molecule has 0 aliphatic rings. The maximum Gasteiger partial charge on any atom is 0.318 e. The third-order valence-corrected chi connectivity index (χ3v) is 5.06. The fraction of sp³-hybridized carbons (Fsp3) is 0.267. The van der Waals surface area contributed by atoms with E-state index < -0.39 is 28.6 Å². The molecule has 2 rings (SSSR count). The lowest BCUT2D eigenvalue weighted by molar-refractivity contribution is -0.137. The molecule has 1 heterocycles. The number of carboxylic acid groups (broad SMARTS) is 1. The van der Waals surface area contributed by atoms with Crippen molar-refractivity contribution in [3.05, 3.63) is 54.3 Å². The lowest BCUT2D eigenvalue weighted by atomic mass is 10.1. The molecule has 0 saturated heterocycles. The molecule has 22 heavy (non-hydrogen) atoms. The van der Waals surface area contributed by atoms with Crippen molar-refractivity contribution in [2.24, 2.45) is 0 Å². The van der Waals surface area contributed by atoms with Crippen LogP contribution in [0.5, 0.6) is 0 Å². The normalized spacial score (nSPS) is 13.2. The van der Waals surface area contributed by atoms with Crippen molar-refractivity contribution in [1.82, 2.24) is 4.31 Å². The first-order valence-electron chi connectivity index (χ1n) is 6.72. The maximum absolute atomic E-state index is 12.5. The highest BCUT2D eigenvalue weighted by atomic mass is 32.2. The summed E-state index contributed by atoms with van der Waals surface area (Å²) in [6, 6.07) is 11.5. The van der Waals surface area contributed by atoms with Gasteiger partial charge < -0.3 is 9.52 Å². The number of hydrogen-bond donors (Lipinski definition) is 1. The van der Waals surface area contributed by atoms with E-state index in [4.69, 9.17) is 9.52 Å². The number of carboxylic acids is 1. The van der Waals surface area contributed by atoms with Crippen LogP contribution in [-0.2, 0) is 21.2 Å². The van der Waals surface area contributed by atoms with Gasteiger partial charge in [-0.2, -0.15) is 4.31 Å². The molecular formula is C15H17NO5S. The highest BCUT2D eigenvalue weighted by Crippen LogP contribution is 2.20. The first-order chi connectivity index (χ1) is 10.4. The zero-order valence-corrected chi connectivity index (χ0v) is 12.9. The zero-order valence-electron chi connectivity index (χ0n) is 12.0. The van der Waals surface area contributed by atoms with Crippen LogP contribution in [0.1, 0.15) is 12.5 Å². The van der Waals surface area contributed by atoms with E-state index in [2.05, 4.69) is 0 Å². The minimum atomic E-state index is -3.99. The second kappa shape index (κ2) is 6.76. The Morgan fingerprint density at radius 2 is 1.91 bits per heavy atom. The van der Waals surface area contributed by atoms with Crippen molar-refractivity contribution < 1.29 is 22.7 Å². The number of aliphatic carboxylic acids is 1. The van der Waals surface area contributed by atoms with E-state index >= 15 is 0 Å². The Labute approximate surface area is 129 Å². The summed E-state index contributed by atoms with van der Waals surface area (Å²) >= 11 is 0. The number of nitrogens with zero attached hydrogens (tertiary/aromatic N) is 1. The van der Waals surface area contributed by atoms with Crippen molar-refractivity contribution in [2.45, 2.75) is 24.5 Å². The van der Waals surface area contributed by atoms with Gasteiger partial charge in [-0.15, -0.1) is 0 Å². The summed E-state index contributed by atoms with van der Waals surface area (Å²) in [5, 5.41) is 8.77. The van der Waals surface area contributed by atoms with Crippen LogP contribution in [0.25, 0.3) is 0 Å². The molecule has 0 aliphatic heterocycles. The predicted octanol–water partition coefficient (Wildman–Crippen LogP) is 1.99. The Balaban J connectivity index is 2.28. The molecule has 2 aromatic rings. The number of sulfonamides is 1. The molecule has 7 heteroatoms. The summed E-state index contributed by atoms with van der Waals surface area (Å²) in [5.74, 6) is -1.21.